The molecule has 0 aliphatic heterocycles. The van der Waals surface area contributed by atoms with Crippen LogP contribution in [0.2, 0.25) is 0 Å². The number of benzene rings is 2. The van der Waals surface area contributed by atoms with Gasteiger partial charge >= 0.3 is 5.97 Å². The Kier molecular flexibility index (Phi) is 7.12. The average molecular weight is 389 g/mol. The second-order valence-electron chi connectivity index (χ2n) is 6.46. The molecule has 27 heavy (non-hydrogen) atoms. The molecule has 0 bridgehead atoms. The molecule has 7 heteroatoms. The monoisotopic (exact) mass is 389 g/mol. The second kappa shape index (κ2) is 9.32. The molecule has 0 saturated carbocycles. The van der Waals surface area contributed by atoms with E-state index in [0.717, 1.165) is 11.8 Å². The minimum Gasteiger partial charge on any atom is -0.452 e. The van der Waals surface area contributed by atoms with Gasteiger partial charge in [0.2, 0.25) is 0 Å². The van der Waals surface area contributed by atoms with Crippen molar-refractivity contribution in [2.75, 3.05) is 19.4 Å². The van der Waals surface area contributed by atoms with Gasteiger partial charge in [0.1, 0.15) is 0 Å². The first-order chi connectivity index (χ1) is 12.7. The molecule has 0 aromatic heterocycles. The molecule has 1 N–H and O–H groups in total. The first kappa shape index (κ1) is 20.6. The summed E-state index contributed by atoms with van der Waals surface area (Å²) in [6.07, 6.45) is 1.15. The standard InChI is InChI=1S/C20H23NO5S/c1-15(17-6-4-3-5-7-17)12-21-19(22)13-26-20(23)18-10-8-16(9-11-18)14-27(2,24)25/h3-11,15H,12-14H2,1-2H3,(H,21,22)/t15-/m0/s1. The fourth-order valence-corrected chi connectivity index (χ4v) is 3.27. The van der Waals surface area contributed by atoms with Crippen LogP contribution in [0.1, 0.15) is 34.3 Å². The highest BCUT2D eigenvalue weighted by Gasteiger charge is 2.12. The fraction of sp³-hybridized carbons (Fsp3) is 0.300. The number of ether oxygens (including phenoxy) is 1. The highest BCUT2D eigenvalue weighted by molar-refractivity contribution is 7.89. The maximum Gasteiger partial charge on any atom is 0.338 e. The highest BCUT2D eigenvalue weighted by atomic mass is 32.2. The van der Waals surface area contributed by atoms with Crippen LogP contribution >= 0.6 is 0 Å². The van der Waals surface area contributed by atoms with Crippen molar-refractivity contribution in [3.8, 4) is 0 Å². The molecule has 0 aliphatic carbocycles. The van der Waals surface area contributed by atoms with E-state index in [0.29, 0.717) is 12.1 Å². The van der Waals surface area contributed by atoms with Crippen LogP contribution in [0.4, 0.5) is 0 Å². The molecule has 0 heterocycles. The fourth-order valence-electron chi connectivity index (χ4n) is 2.47. The van der Waals surface area contributed by atoms with Crippen molar-refractivity contribution in [2.45, 2.75) is 18.6 Å². The molecule has 1 amide bonds. The molecule has 0 aliphatic rings. The van der Waals surface area contributed by atoms with Crippen LogP contribution in [0.25, 0.3) is 0 Å². The number of esters is 1. The van der Waals surface area contributed by atoms with E-state index in [1.807, 2.05) is 37.3 Å². The van der Waals surface area contributed by atoms with E-state index in [-0.39, 0.29) is 29.7 Å². The third kappa shape index (κ3) is 7.22. The number of hydrogen-bond donors (Lipinski definition) is 1. The van der Waals surface area contributed by atoms with E-state index in [4.69, 9.17) is 4.74 Å². The van der Waals surface area contributed by atoms with Crippen molar-refractivity contribution in [1.29, 1.82) is 0 Å². The summed E-state index contributed by atoms with van der Waals surface area (Å²) >= 11 is 0. The highest BCUT2D eigenvalue weighted by Crippen LogP contribution is 2.13. The van der Waals surface area contributed by atoms with Gasteiger partial charge in [-0.15, -0.1) is 0 Å². The van der Waals surface area contributed by atoms with Crippen molar-refractivity contribution < 1.29 is 22.7 Å². The van der Waals surface area contributed by atoms with Gasteiger partial charge in [-0.1, -0.05) is 49.4 Å². The van der Waals surface area contributed by atoms with Crippen LogP contribution in [-0.4, -0.2) is 39.7 Å². The summed E-state index contributed by atoms with van der Waals surface area (Å²) in [5.74, 6) is -0.954. The minimum absolute atomic E-state index is 0.0929. The Morgan fingerprint density at radius 1 is 1.04 bits per heavy atom. The lowest BCUT2D eigenvalue weighted by Crippen LogP contribution is -2.31. The Balaban J connectivity index is 1.78. The molecule has 2 rings (SSSR count). The number of sulfone groups is 1. The molecule has 0 fully saturated rings. The number of carbonyl (C=O) groups is 2. The predicted molar refractivity (Wildman–Crippen MR) is 103 cm³/mol. The predicted octanol–water partition coefficient (Wildman–Crippen LogP) is 2.31. The molecule has 0 saturated heterocycles. The summed E-state index contributed by atoms with van der Waals surface area (Å²) in [6.45, 7) is 2.08. The van der Waals surface area contributed by atoms with Crippen molar-refractivity contribution in [2.24, 2.45) is 0 Å². The molecule has 0 unspecified atom stereocenters. The first-order valence-electron chi connectivity index (χ1n) is 8.50. The third-order valence-corrected chi connectivity index (χ3v) is 4.78. The van der Waals surface area contributed by atoms with Gasteiger partial charge in [-0.2, -0.15) is 0 Å². The smallest absolute Gasteiger partial charge is 0.338 e. The van der Waals surface area contributed by atoms with Crippen molar-refractivity contribution in [3.63, 3.8) is 0 Å². The minimum atomic E-state index is -3.13. The van der Waals surface area contributed by atoms with Crippen molar-refractivity contribution >= 4 is 21.7 Å². The van der Waals surface area contributed by atoms with Crippen LogP contribution in [0.3, 0.4) is 0 Å². The zero-order valence-corrected chi connectivity index (χ0v) is 16.2. The van der Waals surface area contributed by atoms with E-state index >= 15 is 0 Å². The zero-order valence-electron chi connectivity index (χ0n) is 15.3. The van der Waals surface area contributed by atoms with Gasteiger partial charge in [-0.05, 0) is 29.2 Å². The lowest BCUT2D eigenvalue weighted by molar-refractivity contribution is -0.124. The Labute approximate surface area is 159 Å². The number of hydrogen-bond acceptors (Lipinski definition) is 5. The van der Waals surface area contributed by atoms with Crippen LogP contribution in [0, 0.1) is 0 Å². The van der Waals surface area contributed by atoms with Crippen molar-refractivity contribution in [3.05, 3.63) is 71.3 Å². The molecule has 144 valence electrons. The zero-order chi connectivity index (χ0) is 19.9. The van der Waals surface area contributed by atoms with Crippen LogP contribution in [0.5, 0.6) is 0 Å². The Hall–Kier alpha value is -2.67. The molecule has 6 nitrogen and oxygen atoms in total. The molecule has 0 spiro atoms. The van der Waals surface area contributed by atoms with Crippen LogP contribution in [-0.2, 0) is 25.1 Å². The van der Waals surface area contributed by atoms with Gasteiger partial charge in [-0.25, -0.2) is 13.2 Å². The lowest BCUT2D eigenvalue weighted by Gasteiger charge is -2.13. The van der Waals surface area contributed by atoms with Gasteiger partial charge in [-0.3, -0.25) is 4.79 Å². The molecule has 2 aromatic carbocycles. The Morgan fingerprint density at radius 2 is 1.67 bits per heavy atom. The van der Waals surface area contributed by atoms with E-state index in [1.54, 1.807) is 12.1 Å². The number of rotatable bonds is 8. The normalized spacial score (nSPS) is 12.2. The number of amides is 1. The first-order valence-corrected chi connectivity index (χ1v) is 10.6. The van der Waals surface area contributed by atoms with Crippen LogP contribution < -0.4 is 5.32 Å². The lowest BCUT2D eigenvalue weighted by atomic mass is 10.0. The molecule has 1 atom stereocenters. The maximum absolute atomic E-state index is 12.0. The SMILES string of the molecule is C[C@@H](CNC(=O)COC(=O)c1ccc(CS(C)(=O)=O)cc1)c1ccccc1. The quantitative estimate of drug-likeness (QED) is 0.700. The van der Waals surface area contributed by atoms with Crippen molar-refractivity contribution in [1.82, 2.24) is 5.32 Å². The molecular weight excluding hydrogens is 366 g/mol. The summed E-state index contributed by atoms with van der Waals surface area (Å²) in [6, 6.07) is 15.9. The summed E-state index contributed by atoms with van der Waals surface area (Å²) < 4.78 is 27.5. The van der Waals surface area contributed by atoms with Gasteiger partial charge in [0.25, 0.3) is 5.91 Å². The summed E-state index contributed by atoms with van der Waals surface area (Å²) in [4.78, 5) is 23.9. The van der Waals surface area contributed by atoms with E-state index in [2.05, 4.69) is 5.32 Å². The second-order valence-corrected chi connectivity index (χ2v) is 8.60. The van der Waals surface area contributed by atoms with E-state index < -0.39 is 15.8 Å². The molecule has 0 radical (unpaired) electrons. The summed E-state index contributed by atoms with van der Waals surface area (Å²) in [5.41, 5.74) is 1.96. The Morgan fingerprint density at radius 3 is 2.26 bits per heavy atom. The van der Waals surface area contributed by atoms with Gasteiger partial charge in [0, 0.05) is 12.8 Å². The topological polar surface area (TPSA) is 89.5 Å². The summed E-state index contributed by atoms with van der Waals surface area (Å²) in [7, 11) is -3.13. The third-order valence-electron chi connectivity index (χ3n) is 3.93. The number of carbonyl (C=O) groups excluding carboxylic acids is 2. The maximum atomic E-state index is 12.0. The van der Waals surface area contributed by atoms with Crippen LogP contribution in [0.15, 0.2) is 54.6 Å². The van der Waals surface area contributed by atoms with Gasteiger partial charge < -0.3 is 10.1 Å². The van der Waals surface area contributed by atoms with E-state index in [9.17, 15) is 18.0 Å². The van der Waals surface area contributed by atoms with E-state index in [1.165, 1.54) is 12.1 Å². The largest absolute Gasteiger partial charge is 0.452 e. The average Bonchev–Trinajstić information content (AvgIpc) is 2.64. The van der Waals surface area contributed by atoms with Gasteiger partial charge in [0.15, 0.2) is 16.4 Å². The molecular formula is C20H23NO5S. The Bertz CT molecular complexity index is 876. The number of nitrogens with one attached hydrogen (secondary N) is 1. The summed E-state index contributed by atoms with van der Waals surface area (Å²) in [5, 5.41) is 2.74. The van der Waals surface area contributed by atoms with Gasteiger partial charge in [0.05, 0.1) is 11.3 Å². The molecule has 2 aromatic rings.